The minimum atomic E-state index is -0.989. The van der Waals surface area contributed by atoms with Crippen molar-refractivity contribution in [1.82, 2.24) is 9.97 Å². The second-order valence-corrected chi connectivity index (χ2v) is 3.22. The van der Waals surface area contributed by atoms with E-state index in [1.54, 1.807) is 0 Å². The van der Waals surface area contributed by atoms with E-state index in [1.807, 2.05) is 0 Å². The Balaban J connectivity index is 3.28. The molecule has 0 saturated heterocycles. The Labute approximate surface area is 90.0 Å². The Morgan fingerprint density at radius 2 is 1.69 bits per heavy atom. The zero-order chi connectivity index (χ0) is 10.0. The van der Waals surface area contributed by atoms with Gasteiger partial charge in [0.15, 0.2) is 0 Å². The maximum Gasteiger partial charge on any atom is 0.225 e. The number of nitrogens with zero attached hydrogens (tertiary/aromatic N) is 2. The Bertz CT molecular complexity index is 320. The van der Waals surface area contributed by atoms with Gasteiger partial charge >= 0.3 is 0 Å². The molecule has 0 saturated carbocycles. The van der Waals surface area contributed by atoms with Gasteiger partial charge in [-0.1, -0.05) is 29.3 Å². The van der Waals surface area contributed by atoms with Crippen molar-refractivity contribution in [2.45, 2.75) is 6.10 Å². The molecule has 0 aliphatic heterocycles. The lowest BCUT2D eigenvalue weighted by Crippen LogP contribution is -1.99. The number of hydrogen-bond acceptors (Lipinski definition) is 3. The van der Waals surface area contributed by atoms with E-state index in [0.29, 0.717) is 0 Å². The molecule has 1 aromatic rings. The van der Waals surface area contributed by atoms with Crippen molar-refractivity contribution in [3.63, 3.8) is 0 Å². The second kappa shape index (κ2) is 4.24. The van der Waals surface area contributed by atoms with Gasteiger partial charge in [-0.15, -0.1) is 6.58 Å². The second-order valence-electron chi connectivity index (χ2n) is 2.17. The largest absolute Gasteiger partial charge is 0.384 e. The predicted molar refractivity (Wildman–Crippen MR) is 52.2 cm³/mol. The SMILES string of the molecule is C=CC(O)c1c(Cl)nc(Cl)nc1Cl. The first-order chi connectivity index (χ1) is 6.06. The predicted octanol–water partition coefficient (Wildman–Crippen LogP) is 2.66. The molecule has 0 amide bonds. The summed E-state index contributed by atoms with van der Waals surface area (Å²) in [6.07, 6.45) is 0.280. The van der Waals surface area contributed by atoms with Crippen molar-refractivity contribution in [3.8, 4) is 0 Å². The number of hydrogen-bond donors (Lipinski definition) is 1. The van der Waals surface area contributed by atoms with Crippen LogP contribution in [-0.4, -0.2) is 15.1 Å². The van der Waals surface area contributed by atoms with Crippen LogP contribution in [0.25, 0.3) is 0 Å². The highest BCUT2D eigenvalue weighted by Crippen LogP contribution is 2.29. The van der Waals surface area contributed by atoms with Gasteiger partial charge in [0.2, 0.25) is 5.28 Å². The van der Waals surface area contributed by atoms with E-state index in [2.05, 4.69) is 16.5 Å². The molecule has 1 aromatic heterocycles. The smallest absolute Gasteiger partial charge is 0.225 e. The van der Waals surface area contributed by atoms with Crippen LogP contribution in [0.1, 0.15) is 11.7 Å². The van der Waals surface area contributed by atoms with Gasteiger partial charge in [-0.05, 0) is 11.6 Å². The average molecular weight is 239 g/mol. The summed E-state index contributed by atoms with van der Waals surface area (Å²) in [6, 6.07) is 0. The zero-order valence-corrected chi connectivity index (χ0v) is 8.61. The fraction of sp³-hybridized carbons (Fsp3) is 0.143. The zero-order valence-electron chi connectivity index (χ0n) is 6.34. The molecule has 1 heterocycles. The van der Waals surface area contributed by atoms with E-state index in [1.165, 1.54) is 6.08 Å². The Morgan fingerprint density at radius 3 is 2.08 bits per heavy atom. The van der Waals surface area contributed by atoms with Crippen molar-refractivity contribution in [3.05, 3.63) is 33.8 Å². The standard InChI is InChI=1S/C7H5Cl3N2O/c1-2-3(13)4-5(8)11-7(10)12-6(4)9/h2-3,13H,1H2. The summed E-state index contributed by atoms with van der Waals surface area (Å²) < 4.78 is 0. The third-order valence-corrected chi connectivity index (χ3v) is 2.09. The van der Waals surface area contributed by atoms with Gasteiger partial charge in [0.25, 0.3) is 0 Å². The third-order valence-electron chi connectivity index (χ3n) is 1.34. The van der Waals surface area contributed by atoms with E-state index < -0.39 is 6.10 Å². The molecule has 1 N–H and O–H groups in total. The maximum absolute atomic E-state index is 9.37. The van der Waals surface area contributed by atoms with Gasteiger partial charge in [-0.25, -0.2) is 9.97 Å². The van der Waals surface area contributed by atoms with Crippen LogP contribution in [0.4, 0.5) is 0 Å². The van der Waals surface area contributed by atoms with E-state index >= 15 is 0 Å². The Morgan fingerprint density at radius 1 is 1.23 bits per heavy atom. The molecule has 13 heavy (non-hydrogen) atoms. The molecule has 1 unspecified atom stereocenters. The molecule has 0 spiro atoms. The van der Waals surface area contributed by atoms with Crippen LogP contribution in [0.5, 0.6) is 0 Å². The minimum Gasteiger partial charge on any atom is -0.384 e. The first-order valence-electron chi connectivity index (χ1n) is 3.25. The van der Waals surface area contributed by atoms with Gasteiger partial charge in [0.1, 0.15) is 16.4 Å². The minimum absolute atomic E-state index is 0.0254. The molecule has 0 aliphatic rings. The molecule has 0 aliphatic carbocycles. The van der Waals surface area contributed by atoms with Crippen molar-refractivity contribution in [2.24, 2.45) is 0 Å². The molecule has 0 bridgehead atoms. The summed E-state index contributed by atoms with van der Waals surface area (Å²) in [6.45, 7) is 3.39. The summed E-state index contributed by atoms with van der Waals surface area (Å²) in [7, 11) is 0. The lowest BCUT2D eigenvalue weighted by atomic mass is 10.2. The molecule has 0 aromatic carbocycles. The molecular formula is C7H5Cl3N2O. The van der Waals surface area contributed by atoms with Crippen molar-refractivity contribution < 1.29 is 5.11 Å². The summed E-state index contributed by atoms with van der Waals surface area (Å²) in [5, 5.41) is 9.36. The highest BCUT2D eigenvalue weighted by molar-refractivity contribution is 6.36. The quantitative estimate of drug-likeness (QED) is 0.490. The first kappa shape index (κ1) is 10.7. The molecule has 1 atom stereocenters. The number of rotatable bonds is 2. The molecule has 6 heteroatoms. The van der Waals surface area contributed by atoms with E-state index in [0.717, 1.165) is 0 Å². The van der Waals surface area contributed by atoms with Crippen molar-refractivity contribution in [1.29, 1.82) is 0 Å². The van der Waals surface area contributed by atoms with Gasteiger partial charge in [-0.2, -0.15) is 0 Å². The normalized spacial score (nSPS) is 12.6. The highest BCUT2D eigenvalue weighted by Gasteiger charge is 2.16. The number of aliphatic hydroxyl groups is 1. The average Bonchev–Trinajstić information content (AvgIpc) is 2.02. The number of halogens is 3. The van der Waals surface area contributed by atoms with Crippen LogP contribution >= 0.6 is 34.8 Å². The Kier molecular flexibility index (Phi) is 3.50. The number of aromatic nitrogens is 2. The number of aliphatic hydroxyl groups excluding tert-OH is 1. The van der Waals surface area contributed by atoms with Crippen LogP contribution in [0, 0.1) is 0 Å². The molecule has 0 fully saturated rings. The Hall–Kier alpha value is -0.350. The van der Waals surface area contributed by atoms with Crippen molar-refractivity contribution >= 4 is 34.8 Å². The van der Waals surface area contributed by atoms with Crippen molar-refractivity contribution in [2.75, 3.05) is 0 Å². The molecule has 3 nitrogen and oxygen atoms in total. The van der Waals surface area contributed by atoms with Crippen LogP contribution in [0.15, 0.2) is 12.7 Å². The first-order valence-corrected chi connectivity index (χ1v) is 4.38. The van der Waals surface area contributed by atoms with Gasteiger partial charge in [-0.3, -0.25) is 0 Å². The molecule has 1 rings (SSSR count). The summed E-state index contributed by atoms with van der Waals surface area (Å²) in [4.78, 5) is 7.26. The summed E-state index contributed by atoms with van der Waals surface area (Å²) >= 11 is 16.8. The molecule has 0 radical (unpaired) electrons. The highest BCUT2D eigenvalue weighted by atomic mass is 35.5. The maximum atomic E-state index is 9.37. The molecular weight excluding hydrogens is 234 g/mol. The molecule has 70 valence electrons. The van der Waals surface area contributed by atoms with E-state index in [4.69, 9.17) is 34.8 Å². The van der Waals surface area contributed by atoms with Gasteiger partial charge in [0, 0.05) is 0 Å². The lowest BCUT2D eigenvalue weighted by molar-refractivity contribution is 0.228. The monoisotopic (exact) mass is 238 g/mol. The van der Waals surface area contributed by atoms with Crippen LogP contribution in [-0.2, 0) is 0 Å². The fourth-order valence-corrected chi connectivity index (χ4v) is 1.62. The van der Waals surface area contributed by atoms with Gasteiger partial charge < -0.3 is 5.11 Å². The van der Waals surface area contributed by atoms with Gasteiger partial charge in [0.05, 0.1) is 5.56 Å². The van der Waals surface area contributed by atoms with E-state index in [-0.39, 0.29) is 21.2 Å². The van der Waals surface area contributed by atoms with Crippen LogP contribution in [0.3, 0.4) is 0 Å². The topological polar surface area (TPSA) is 46.0 Å². The fourth-order valence-electron chi connectivity index (χ4n) is 0.754. The lowest BCUT2D eigenvalue weighted by Gasteiger charge is -2.08. The van der Waals surface area contributed by atoms with E-state index in [9.17, 15) is 5.11 Å². The summed E-state index contributed by atoms with van der Waals surface area (Å²) in [5.74, 6) is 0. The third kappa shape index (κ3) is 2.31. The van der Waals surface area contributed by atoms with Crippen LogP contribution < -0.4 is 0 Å². The van der Waals surface area contributed by atoms with Crippen LogP contribution in [0.2, 0.25) is 15.6 Å². The summed E-state index contributed by atoms with van der Waals surface area (Å²) in [5.41, 5.74) is 0.211.